The van der Waals surface area contributed by atoms with Crippen LogP contribution in [0.1, 0.15) is 76.0 Å². The Kier molecular flexibility index (Phi) is 10.2. The molecule has 3 fully saturated rings. The summed E-state index contributed by atoms with van der Waals surface area (Å²) in [7, 11) is -0.727. The summed E-state index contributed by atoms with van der Waals surface area (Å²) < 4.78 is 40.1. The van der Waals surface area contributed by atoms with E-state index in [0.717, 1.165) is 11.3 Å². The van der Waals surface area contributed by atoms with Crippen molar-refractivity contribution >= 4 is 55.9 Å². The van der Waals surface area contributed by atoms with Crippen LogP contribution in [0.3, 0.4) is 0 Å². The molecule has 2 aromatic heterocycles. The zero-order valence-electron chi connectivity index (χ0n) is 31.1. The van der Waals surface area contributed by atoms with Crippen LogP contribution < -0.4 is 19.5 Å². The molecule has 4 atom stereocenters. The molecule has 0 spiro atoms. The Morgan fingerprint density at radius 1 is 1.13 bits per heavy atom. The number of benzene rings is 1. The highest BCUT2D eigenvalue weighted by Gasteiger charge is 2.62. The molecule has 0 radical (unpaired) electrons. The molecular formula is C38H46N6O8S2. The molecule has 2 aliphatic carbocycles. The predicted molar refractivity (Wildman–Crippen MR) is 202 cm³/mol. The number of carbonyl (C=O) groups is 4. The molecule has 7 rings (SSSR count). The summed E-state index contributed by atoms with van der Waals surface area (Å²) in [4.78, 5) is 67.4. The van der Waals surface area contributed by atoms with Crippen molar-refractivity contribution in [2.45, 2.75) is 94.6 Å². The molecule has 2 N–H and O–H groups in total. The summed E-state index contributed by atoms with van der Waals surface area (Å²) in [5, 5.41) is 5.69. The number of fused-ring (bicyclic) bond motifs is 3. The average molecular weight is 779 g/mol. The second kappa shape index (κ2) is 14.6. The maximum Gasteiger partial charge on any atom is 0.259 e. The first-order valence-corrected chi connectivity index (χ1v) is 20.8. The zero-order chi connectivity index (χ0) is 38.5. The molecule has 4 aliphatic rings. The average Bonchev–Trinajstić information content (AvgIpc) is 4.00. The number of allylic oxidation sites excluding steroid dienone is 1. The summed E-state index contributed by atoms with van der Waals surface area (Å²) in [5.41, 5.74) is 1.52. The Morgan fingerprint density at radius 3 is 2.61 bits per heavy atom. The number of thiazole rings is 1. The second-order valence-corrected chi connectivity index (χ2v) is 17.9. The summed E-state index contributed by atoms with van der Waals surface area (Å²) in [5.74, 6) is -1.12. The van der Waals surface area contributed by atoms with Gasteiger partial charge in [-0.3, -0.25) is 23.9 Å². The maximum absolute atomic E-state index is 14.3. The van der Waals surface area contributed by atoms with E-state index >= 15 is 0 Å². The van der Waals surface area contributed by atoms with Gasteiger partial charge in [0.25, 0.3) is 5.91 Å². The number of sulfonamides is 1. The minimum absolute atomic E-state index is 0.0283. The molecule has 2 saturated carbocycles. The molecule has 4 heterocycles. The fourth-order valence-electron chi connectivity index (χ4n) is 7.23. The number of hydrogen-bond acceptors (Lipinski definition) is 11. The number of pyridine rings is 1. The maximum atomic E-state index is 14.3. The number of aryl methyl sites for hydroxylation is 1. The lowest BCUT2D eigenvalue weighted by atomic mass is 10.1. The van der Waals surface area contributed by atoms with E-state index in [-0.39, 0.29) is 44.2 Å². The fraction of sp³-hybridized carbons (Fsp3) is 0.526. The highest BCUT2D eigenvalue weighted by molar-refractivity contribution is 7.91. The SMILES string of the molecule is COc1ccc2c(O[C@@H]3C[C@H]4C(=O)N[C@]5(C(=O)NS(=O)(=O)C6CC6)C[C@@H]5/C=C\CCCC(=O)N(C)CC(=O)N4C3)cc(-c3nc(C(C)C)cs3)nc2c1C. The first kappa shape index (κ1) is 37.7. The van der Waals surface area contributed by atoms with E-state index < -0.39 is 56.6 Å². The van der Waals surface area contributed by atoms with Crippen LogP contribution in [-0.2, 0) is 29.2 Å². The Bertz CT molecular complexity index is 2150. The molecule has 14 nitrogen and oxygen atoms in total. The van der Waals surface area contributed by atoms with Crippen LogP contribution in [0.4, 0.5) is 0 Å². The fourth-order valence-corrected chi connectivity index (χ4v) is 9.54. The van der Waals surface area contributed by atoms with Crippen LogP contribution in [0.25, 0.3) is 21.6 Å². The van der Waals surface area contributed by atoms with Gasteiger partial charge in [0.15, 0.2) is 0 Å². The van der Waals surface area contributed by atoms with Gasteiger partial charge in [0.1, 0.15) is 39.9 Å². The third kappa shape index (κ3) is 7.41. The largest absolute Gasteiger partial charge is 0.496 e. The van der Waals surface area contributed by atoms with E-state index in [1.165, 1.54) is 21.1 Å². The molecule has 288 valence electrons. The van der Waals surface area contributed by atoms with Crippen molar-refractivity contribution < 1.29 is 37.1 Å². The van der Waals surface area contributed by atoms with Crippen LogP contribution in [0.2, 0.25) is 0 Å². The van der Waals surface area contributed by atoms with Crippen molar-refractivity contribution in [2.75, 3.05) is 27.2 Å². The monoisotopic (exact) mass is 778 g/mol. The first-order valence-electron chi connectivity index (χ1n) is 18.4. The van der Waals surface area contributed by atoms with Gasteiger partial charge in [0.05, 0.1) is 36.7 Å². The van der Waals surface area contributed by atoms with Gasteiger partial charge in [-0.2, -0.15) is 0 Å². The Balaban J connectivity index is 1.22. The Labute approximate surface area is 318 Å². The van der Waals surface area contributed by atoms with Crippen molar-refractivity contribution in [3.8, 4) is 22.2 Å². The number of methoxy groups -OCH3 is 1. The van der Waals surface area contributed by atoms with Crippen LogP contribution in [0.15, 0.2) is 35.7 Å². The highest BCUT2D eigenvalue weighted by Crippen LogP contribution is 2.46. The van der Waals surface area contributed by atoms with Crippen LogP contribution in [0.5, 0.6) is 11.5 Å². The number of amides is 4. The van der Waals surface area contributed by atoms with Crippen molar-refractivity contribution in [3.05, 3.63) is 47.0 Å². The summed E-state index contributed by atoms with van der Waals surface area (Å²) >= 11 is 1.48. The van der Waals surface area contributed by atoms with E-state index in [9.17, 15) is 27.6 Å². The number of aromatic nitrogens is 2. The zero-order valence-corrected chi connectivity index (χ0v) is 32.7. The van der Waals surface area contributed by atoms with Gasteiger partial charge in [0.2, 0.25) is 27.7 Å². The van der Waals surface area contributed by atoms with Crippen LogP contribution in [0, 0.1) is 12.8 Å². The summed E-state index contributed by atoms with van der Waals surface area (Å²) in [6, 6.07) is 4.46. The van der Waals surface area contributed by atoms with Crippen molar-refractivity contribution in [3.63, 3.8) is 0 Å². The normalized spacial score (nSPS) is 25.7. The van der Waals surface area contributed by atoms with E-state index in [1.54, 1.807) is 20.2 Å². The van der Waals surface area contributed by atoms with E-state index in [1.807, 2.05) is 36.6 Å². The second-order valence-electron chi connectivity index (χ2n) is 15.1. The minimum Gasteiger partial charge on any atom is -0.496 e. The Hall–Kier alpha value is -4.57. The third-order valence-electron chi connectivity index (χ3n) is 10.8. The van der Waals surface area contributed by atoms with Crippen molar-refractivity contribution in [1.29, 1.82) is 0 Å². The van der Waals surface area contributed by atoms with Crippen molar-refractivity contribution in [1.82, 2.24) is 29.8 Å². The standard InChI is InChI=1S/C38H46N6O8S2/c1-21(2)28-20-53-36(40-28)27-16-31(26-13-14-30(51-5)22(3)34(26)39-27)52-24-15-29-35(47)41-38(37(48)42-54(49,50)25-11-12-25)17-23(38)9-7-6-8-10-32(45)43(4)19-33(46)44(29)18-24/h7,9,13-14,16,20-21,23-25,29H,6,8,10-12,15,17-19H2,1-5H3,(H,41,47)(H,42,48)/b9-7-/t23-,24+,29-,38+/m0/s1. The van der Waals surface area contributed by atoms with Gasteiger partial charge in [-0.1, -0.05) is 26.0 Å². The highest BCUT2D eigenvalue weighted by atomic mass is 32.2. The Morgan fingerprint density at radius 2 is 1.91 bits per heavy atom. The van der Waals surface area contributed by atoms with Gasteiger partial charge in [-0.25, -0.2) is 18.4 Å². The third-order valence-corrected chi connectivity index (χ3v) is 13.5. The van der Waals surface area contributed by atoms with Crippen LogP contribution >= 0.6 is 11.3 Å². The van der Waals surface area contributed by atoms with Gasteiger partial charge >= 0.3 is 0 Å². The molecule has 1 saturated heterocycles. The topological polar surface area (TPSA) is 177 Å². The molecule has 54 heavy (non-hydrogen) atoms. The lowest BCUT2D eigenvalue weighted by molar-refractivity contribution is -0.143. The van der Waals surface area contributed by atoms with E-state index in [2.05, 4.69) is 23.9 Å². The number of nitrogens with zero attached hydrogens (tertiary/aromatic N) is 4. The predicted octanol–water partition coefficient (Wildman–Crippen LogP) is 3.83. The number of carbonyl (C=O) groups excluding carboxylic acids is 4. The molecular weight excluding hydrogens is 733 g/mol. The van der Waals surface area contributed by atoms with Gasteiger partial charge in [-0.15, -0.1) is 11.3 Å². The van der Waals surface area contributed by atoms with E-state index in [4.69, 9.17) is 19.4 Å². The molecule has 16 heteroatoms. The first-order chi connectivity index (χ1) is 25.7. The molecule has 2 aliphatic heterocycles. The van der Waals surface area contributed by atoms with Gasteiger partial charge < -0.3 is 24.6 Å². The van der Waals surface area contributed by atoms with Crippen molar-refractivity contribution in [2.24, 2.45) is 5.92 Å². The molecule has 1 aromatic carbocycles. The van der Waals surface area contributed by atoms with Crippen LogP contribution in [-0.4, -0.2) is 102 Å². The van der Waals surface area contributed by atoms with Gasteiger partial charge in [0, 0.05) is 48.2 Å². The molecule has 4 amide bonds. The van der Waals surface area contributed by atoms with E-state index in [0.29, 0.717) is 58.8 Å². The van der Waals surface area contributed by atoms with Gasteiger partial charge in [-0.05, 0) is 57.1 Å². The molecule has 0 unspecified atom stereocenters. The number of hydrogen-bond donors (Lipinski definition) is 2. The molecule has 0 bridgehead atoms. The quantitative estimate of drug-likeness (QED) is 0.320. The number of rotatable bonds is 8. The number of ether oxygens (including phenoxy) is 2. The lowest BCUT2D eigenvalue weighted by Gasteiger charge is -2.28. The smallest absolute Gasteiger partial charge is 0.259 e. The minimum atomic E-state index is -3.88. The summed E-state index contributed by atoms with van der Waals surface area (Å²) in [6.45, 7) is 5.84. The number of likely N-dealkylation sites (N-methyl/N-ethyl adjacent to an activating group) is 1. The lowest BCUT2D eigenvalue weighted by Crippen LogP contribution is -2.57. The summed E-state index contributed by atoms with van der Waals surface area (Å²) in [6.07, 6.45) is 5.51. The number of nitrogens with one attached hydrogen (secondary N) is 2. The molecule has 3 aromatic rings.